The first-order valence-electron chi connectivity index (χ1n) is 5.69. The van der Waals surface area contributed by atoms with Crippen molar-refractivity contribution in [2.24, 2.45) is 12.8 Å². The highest BCUT2D eigenvalue weighted by Gasteiger charge is 2.28. The lowest BCUT2D eigenvalue weighted by atomic mass is 10.2. The maximum absolute atomic E-state index is 12.6. The molecule has 0 saturated heterocycles. The zero-order valence-electron chi connectivity index (χ0n) is 11.2. The van der Waals surface area contributed by atoms with Gasteiger partial charge in [-0.3, -0.25) is 4.31 Å². The Morgan fingerprint density at radius 1 is 1.38 bits per heavy atom. The van der Waals surface area contributed by atoms with Crippen molar-refractivity contribution in [3.8, 4) is 0 Å². The second kappa shape index (κ2) is 5.70. The number of halogens is 1. The Balaban J connectivity index is 2.43. The maximum atomic E-state index is 12.6. The molecular weight excluding hydrogens is 378 g/mol. The van der Waals surface area contributed by atoms with Crippen LogP contribution in [0, 0.1) is 0 Å². The van der Waals surface area contributed by atoms with Gasteiger partial charge in [-0.2, -0.15) is 8.42 Å². The van der Waals surface area contributed by atoms with E-state index in [1.54, 1.807) is 24.3 Å². The van der Waals surface area contributed by atoms with Crippen LogP contribution in [-0.4, -0.2) is 35.4 Å². The highest BCUT2D eigenvalue weighted by Crippen LogP contribution is 2.25. The summed E-state index contributed by atoms with van der Waals surface area (Å²) in [7, 11) is -0.825. The monoisotopic (exact) mass is 389 g/mol. The number of aryl methyl sites for hydroxylation is 1. The third kappa shape index (κ3) is 2.92. The molecule has 0 aliphatic rings. The first-order valence-corrected chi connectivity index (χ1v) is 8.33. The Morgan fingerprint density at radius 3 is 2.38 bits per heavy atom. The van der Waals surface area contributed by atoms with Crippen LogP contribution in [0.2, 0.25) is 0 Å². The number of aromatic nitrogens is 3. The number of nitrogens with two attached hydrogens (primary N) is 1. The van der Waals surface area contributed by atoms with E-state index in [1.807, 2.05) is 0 Å². The number of sulfonamides is 1. The summed E-state index contributed by atoms with van der Waals surface area (Å²) in [6.07, 6.45) is 0. The van der Waals surface area contributed by atoms with Crippen LogP contribution in [0.15, 0.2) is 33.9 Å². The molecule has 2 N–H and O–H groups in total. The zero-order valence-corrected chi connectivity index (χ0v) is 14.4. The predicted octanol–water partition coefficient (Wildman–Crippen LogP) is 1.04. The van der Waals surface area contributed by atoms with Gasteiger partial charge in [-0.25, -0.2) is 4.68 Å². The molecule has 2 aromatic rings. The van der Waals surface area contributed by atoms with E-state index in [0.717, 1.165) is 4.31 Å². The molecule has 0 aliphatic carbocycles. The molecule has 10 heteroatoms. The van der Waals surface area contributed by atoms with Gasteiger partial charge in [0, 0.05) is 19.7 Å². The Morgan fingerprint density at radius 2 is 1.95 bits per heavy atom. The fraction of sp³-hybridized carbons (Fsp3) is 0.182. The molecular formula is C11H12BrN5O2S2. The Labute approximate surface area is 135 Å². The lowest BCUT2D eigenvalue weighted by Crippen LogP contribution is -2.28. The van der Waals surface area contributed by atoms with Gasteiger partial charge < -0.3 is 5.73 Å². The van der Waals surface area contributed by atoms with Crippen LogP contribution in [0.1, 0.15) is 5.56 Å². The molecule has 0 aliphatic heterocycles. The van der Waals surface area contributed by atoms with Crippen LogP contribution in [0.25, 0.3) is 0 Å². The number of benzene rings is 1. The van der Waals surface area contributed by atoms with Gasteiger partial charge >= 0.3 is 0 Å². The number of hydrogen-bond acceptors (Lipinski definition) is 5. The molecule has 0 radical (unpaired) electrons. The van der Waals surface area contributed by atoms with Crippen LogP contribution in [-0.2, 0) is 17.1 Å². The summed E-state index contributed by atoms with van der Waals surface area (Å²) < 4.78 is 27.7. The molecule has 1 aromatic heterocycles. The van der Waals surface area contributed by atoms with Crippen molar-refractivity contribution in [2.45, 2.75) is 5.03 Å². The summed E-state index contributed by atoms with van der Waals surface area (Å²) in [5.74, 6) is 0. The summed E-state index contributed by atoms with van der Waals surface area (Å²) in [5, 5.41) is 7.34. The van der Waals surface area contributed by atoms with Gasteiger partial charge in [0.05, 0.1) is 5.69 Å². The average Bonchev–Trinajstić information content (AvgIpc) is 2.78. The van der Waals surface area contributed by atoms with Crippen molar-refractivity contribution in [3.05, 3.63) is 34.4 Å². The second-order valence-corrected chi connectivity index (χ2v) is 7.27. The molecule has 21 heavy (non-hydrogen) atoms. The van der Waals surface area contributed by atoms with Crippen LogP contribution in [0.5, 0.6) is 0 Å². The summed E-state index contributed by atoms with van der Waals surface area (Å²) in [6, 6.07) is 6.59. The third-order valence-electron chi connectivity index (χ3n) is 2.86. The third-order valence-corrected chi connectivity index (χ3v) is 5.77. The maximum Gasteiger partial charge on any atom is 0.284 e. The molecule has 0 fully saturated rings. The molecule has 2 rings (SSSR count). The summed E-state index contributed by atoms with van der Waals surface area (Å²) >= 11 is 7.95. The molecule has 0 atom stereocenters. The standard InChI is InChI=1S/C11H12BrN5O2S2/c1-16-11(9(12)14-15-16)21(18,19)17(2)8-5-3-7(4-6-8)10(13)20/h3-6H,1-2H3,(H2,13,20). The number of thiocarbonyl (C=S) groups is 1. The molecule has 0 bridgehead atoms. The minimum Gasteiger partial charge on any atom is -0.389 e. The van der Waals surface area contributed by atoms with Gasteiger partial charge in [0.2, 0.25) is 5.03 Å². The normalized spacial score (nSPS) is 11.4. The van der Waals surface area contributed by atoms with Crippen LogP contribution >= 0.6 is 28.1 Å². The summed E-state index contributed by atoms with van der Waals surface area (Å²) in [4.78, 5) is 0.255. The second-order valence-electron chi connectivity index (χ2n) is 4.19. The molecule has 1 aromatic carbocycles. The van der Waals surface area contributed by atoms with Gasteiger partial charge in [-0.1, -0.05) is 17.4 Å². The molecule has 112 valence electrons. The molecule has 1 heterocycles. The minimum absolute atomic E-state index is 0.0246. The smallest absolute Gasteiger partial charge is 0.284 e. The van der Waals surface area contributed by atoms with Crippen molar-refractivity contribution >= 4 is 48.8 Å². The Hall–Kier alpha value is -1.52. The van der Waals surface area contributed by atoms with E-state index in [0.29, 0.717) is 11.3 Å². The van der Waals surface area contributed by atoms with Crippen molar-refractivity contribution in [2.75, 3.05) is 11.4 Å². The van der Waals surface area contributed by atoms with E-state index >= 15 is 0 Å². The zero-order chi connectivity index (χ0) is 15.8. The largest absolute Gasteiger partial charge is 0.389 e. The molecule has 0 unspecified atom stereocenters. The molecule has 0 spiro atoms. The van der Waals surface area contributed by atoms with Gasteiger partial charge in [0.15, 0.2) is 4.60 Å². The van der Waals surface area contributed by atoms with E-state index in [2.05, 4.69) is 26.2 Å². The van der Waals surface area contributed by atoms with Gasteiger partial charge in [-0.15, -0.1) is 5.10 Å². The first-order chi connectivity index (χ1) is 9.75. The van der Waals surface area contributed by atoms with Crippen molar-refractivity contribution in [3.63, 3.8) is 0 Å². The van der Waals surface area contributed by atoms with Gasteiger partial charge in [0.1, 0.15) is 4.99 Å². The number of nitrogens with zero attached hydrogens (tertiary/aromatic N) is 4. The summed E-state index contributed by atoms with van der Waals surface area (Å²) in [6.45, 7) is 0. The van der Waals surface area contributed by atoms with Crippen LogP contribution < -0.4 is 10.0 Å². The topological polar surface area (TPSA) is 94.1 Å². The molecule has 0 amide bonds. The Kier molecular flexibility index (Phi) is 4.30. The van der Waals surface area contributed by atoms with Crippen molar-refractivity contribution < 1.29 is 8.42 Å². The molecule has 0 saturated carbocycles. The summed E-state index contributed by atoms with van der Waals surface area (Å²) in [5.41, 5.74) is 6.66. The number of hydrogen-bond donors (Lipinski definition) is 1. The van der Waals surface area contributed by atoms with E-state index in [1.165, 1.54) is 18.8 Å². The fourth-order valence-corrected chi connectivity index (χ4v) is 4.06. The van der Waals surface area contributed by atoms with Gasteiger partial charge in [-0.05, 0) is 40.2 Å². The highest BCUT2D eigenvalue weighted by atomic mass is 79.9. The van der Waals surface area contributed by atoms with Crippen LogP contribution in [0.4, 0.5) is 5.69 Å². The molecule has 7 nitrogen and oxygen atoms in total. The Bertz CT molecular complexity index is 766. The lowest BCUT2D eigenvalue weighted by molar-refractivity contribution is 0.572. The predicted molar refractivity (Wildman–Crippen MR) is 86.6 cm³/mol. The number of rotatable bonds is 4. The van der Waals surface area contributed by atoms with E-state index in [4.69, 9.17) is 18.0 Å². The first kappa shape index (κ1) is 15.9. The quantitative estimate of drug-likeness (QED) is 0.784. The van der Waals surface area contributed by atoms with Crippen molar-refractivity contribution in [1.82, 2.24) is 15.0 Å². The van der Waals surface area contributed by atoms with Gasteiger partial charge in [0.25, 0.3) is 10.0 Å². The van der Waals surface area contributed by atoms with Crippen LogP contribution in [0.3, 0.4) is 0 Å². The fourth-order valence-electron chi connectivity index (χ4n) is 1.70. The minimum atomic E-state index is -3.78. The van der Waals surface area contributed by atoms with Crippen molar-refractivity contribution in [1.29, 1.82) is 0 Å². The highest BCUT2D eigenvalue weighted by molar-refractivity contribution is 9.10. The van der Waals surface area contributed by atoms with E-state index in [-0.39, 0.29) is 14.6 Å². The van der Waals surface area contributed by atoms with E-state index < -0.39 is 10.0 Å². The number of anilines is 1. The average molecular weight is 390 g/mol. The lowest BCUT2D eigenvalue weighted by Gasteiger charge is -2.19. The van der Waals surface area contributed by atoms with E-state index in [9.17, 15) is 8.42 Å². The SMILES string of the molecule is CN(c1ccc(C(N)=S)cc1)S(=O)(=O)c1c(Br)nnn1C.